The highest BCUT2D eigenvalue weighted by Crippen LogP contribution is 2.08. The molecule has 0 aromatic heterocycles. The van der Waals surface area contributed by atoms with Gasteiger partial charge in [0.15, 0.2) is 6.29 Å². The van der Waals surface area contributed by atoms with Crippen LogP contribution in [0.3, 0.4) is 0 Å². The molecule has 0 spiro atoms. The minimum Gasteiger partial charge on any atom is -0.466 e. The van der Waals surface area contributed by atoms with Crippen molar-refractivity contribution in [2.24, 2.45) is 0 Å². The van der Waals surface area contributed by atoms with Gasteiger partial charge in [0.2, 0.25) is 0 Å². The van der Waals surface area contributed by atoms with Crippen LogP contribution in [0.1, 0.15) is 57.8 Å². The summed E-state index contributed by atoms with van der Waals surface area (Å²) in [6.07, 6.45) is 7.84. The molecule has 0 amide bonds. The zero-order valence-corrected chi connectivity index (χ0v) is 12.8. The number of hydrogen-bond acceptors (Lipinski definition) is 6. The van der Waals surface area contributed by atoms with Gasteiger partial charge in [0, 0.05) is 26.2 Å². The largest absolute Gasteiger partial charge is 0.466 e. The maximum Gasteiger partial charge on any atom is 0.305 e. The predicted molar refractivity (Wildman–Crippen MR) is 78.6 cm³/mol. The number of unbranched alkanes of at least 4 members (excludes halogenated alkanes) is 2. The molecule has 0 aromatic carbocycles. The van der Waals surface area contributed by atoms with Crippen LogP contribution in [0.5, 0.6) is 0 Å². The van der Waals surface area contributed by atoms with E-state index in [4.69, 9.17) is 20.1 Å². The minimum absolute atomic E-state index is 0.0359. The van der Waals surface area contributed by atoms with Gasteiger partial charge < -0.3 is 24.8 Å². The molecule has 0 saturated carbocycles. The van der Waals surface area contributed by atoms with Gasteiger partial charge in [0.05, 0.1) is 6.61 Å². The first kappa shape index (κ1) is 20.3. The number of rotatable bonds is 4. The molecule has 2 fully saturated rings. The van der Waals surface area contributed by atoms with E-state index in [-0.39, 0.29) is 19.2 Å². The fraction of sp³-hybridized carbons (Fsp3) is 0.933. The van der Waals surface area contributed by atoms with Gasteiger partial charge in [-0.3, -0.25) is 4.79 Å². The van der Waals surface area contributed by atoms with Crippen LogP contribution in [0.15, 0.2) is 0 Å². The second kappa shape index (κ2) is 15.7. The fourth-order valence-corrected chi connectivity index (χ4v) is 1.75. The monoisotopic (exact) mass is 306 g/mol. The number of aliphatic hydroxyl groups is 3. The smallest absolute Gasteiger partial charge is 0.305 e. The second-order valence-electron chi connectivity index (χ2n) is 5.01. The molecule has 0 bridgehead atoms. The first-order valence-corrected chi connectivity index (χ1v) is 7.87. The van der Waals surface area contributed by atoms with Crippen LogP contribution in [0.2, 0.25) is 0 Å². The molecule has 6 nitrogen and oxygen atoms in total. The molecule has 2 heterocycles. The van der Waals surface area contributed by atoms with E-state index in [0.717, 1.165) is 58.0 Å². The van der Waals surface area contributed by atoms with Crippen molar-refractivity contribution >= 4 is 5.97 Å². The Balaban J connectivity index is 0.000000286. The highest BCUT2D eigenvalue weighted by atomic mass is 16.6. The van der Waals surface area contributed by atoms with Crippen molar-refractivity contribution in [2.75, 3.05) is 26.4 Å². The van der Waals surface area contributed by atoms with E-state index in [0.29, 0.717) is 13.0 Å². The average Bonchev–Trinajstić information content (AvgIpc) is 2.51. The molecule has 3 N–H and O–H groups in total. The molecular formula is C15H30O6. The Morgan fingerprint density at radius 1 is 0.952 bits per heavy atom. The Kier molecular flexibility index (Phi) is 15.2. The number of carbonyl (C=O) groups is 1. The van der Waals surface area contributed by atoms with E-state index in [1.54, 1.807) is 0 Å². The Hall–Kier alpha value is -0.690. The molecule has 0 radical (unpaired) electrons. The first-order valence-electron chi connectivity index (χ1n) is 7.87. The molecule has 2 aliphatic rings. The quantitative estimate of drug-likeness (QED) is 0.536. The Morgan fingerprint density at radius 2 is 1.62 bits per heavy atom. The maximum absolute atomic E-state index is 10.2. The van der Waals surface area contributed by atoms with Crippen molar-refractivity contribution in [3.05, 3.63) is 0 Å². The number of hydrogen-bond donors (Lipinski definition) is 3. The summed E-state index contributed by atoms with van der Waals surface area (Å²) in [6, 6.07) is 0. The number of ether oxygens (including phenoxy) is 2. The van der Waals surface area contributed by atoms with E-state index in [2.05, 4.69) is 4.74 Å². The molecule has 126 valence electrons. The van der Waals surface area contributed by atoms with E-state index >= 15 is 0 Å². The summed E-state index contributed by atoms with van der Waals surface area (Å²) in [5.41, 5.74) is 0. The summed E-state index contributed by atoms with van der Waals surface area (Å²) in [5.74, 6) is -0.0359. The summed E-state index contributed by atoms with van der Waals surface area (Å²) in [7, 11) is 0. The summed E-state index contributed by atoms with van der Waals surface area (Å²) >= 11 is 0. The predicted octanol–water partition coefficient (Wildman–Crippen LogP) is 1.36. The van der Waals surface area contributed by atoms with Crippen LogP contribution < -0.4 is 0 Å². The second-order valence-corrected chi connectivity index (χ2v) is 5.01. The topological polar surface area (TPSA) is 96.2 Å². The van der Waals surface area contributed by atoms with Crippen molar-refractivity contribution in [1.82, 2.24) is 0 Å². The number of aliphatic hydroxyl groups excluding tert-OH is 3. The van der Waals surface area contributed by atoms with E-state index in [9.17, 15) is 4.79 Å². The first-order chi connectivity index (χ1) is 10.2. The van der Waals surface area contributed by atoms with E-state index < -0.39 is 6.29 Å². The average molecular weight is 306 g/mol. The van der Waals surface area contributed by atoms with Gasteiger partial charge in [0.25, 0.3) is 0 Å². The van der Waals surface area contributed by atoms with Gasteiger partial charge in [-0.15, -0.1) is 0 Å². The van der Waals surface area contributed by atoms with Crippen LogP contribution in [-0.4, -0.2) is 54.0 Å². The van der Waals surface area contributed by atoms with E-state index in [1.165, 1.54) is 0 Å². The molecule has 6 heteroatoms. The minimum atomic E-state index is -0.464. The highest BCUT2D eigenvalue weighted by molar-refractivity contribution is 5.69. The third kappa shape index (κ3) is 15.5. The molecule has 1 atom stereocenters. The van der Waals surface area contributed by atoms with Gasteiger partial charge in [0.1, 0.15) is 0 Å². The fourth-order valence-electron chi connectivity index (χ4n) is 1.75. The maximum atomic E-state index is 10.2. The molecule has 0 aliphatic carbocycles. The van der Waals surface area contributed by atoms with Gasteiger partial charge in [-0.1, -0.05) is 0 Å². The van der Waals surface area contributed by atoms with Crippen molar-refractivity contribution in [2.45, 2.75) is 64.1 Å². The summed E-state index contributed by atoms with van der Waals surface area (Å²) in [5, 5.41) is 25.1. The molecule has 2 rings (SSSR count). The number of cyclic esters (lactones) is 1. The Morgan fingerprint density at radius 3 is 1.90 bits per heavy atom. The summed E-state index contributed by atoms with van der Waals surface area (Å²) < 4.78 is 9.47. The zero-order chi connectivity index (χ0) is 15.8. The number of esters is 1. The Labute approximate surface area is 127 Å². The third-order valence-electron chi connectivity index (χ3n) is 3.01. The van der Waals surface area contributed by atoms with Gasteiger partial charge in [-0.2, -0.15) is 0 Å². The third-order valence-corrected chi connectivity index (χ3v) is 3.01. The van der Waals surface area contributed by atoms with Crippen molar-refractivity contribution < 1.29 is 29.6 Å². The van der Waals surface area contributed by atoms with Crippen molar-refractivity contribution in [1.29, 1.82) is 0 Å². The van der Waals surface area contributed by atoms with Gasteiger partial charge in [-0.25, -0.2) is 0 Å². The highest BCUT2D eigenvalue weighted by Gasteiger charge is 2.07. The Bertz CT molecular complexity index is 216. The molecule has 2 saturated heterocycles. The standard InChI is InChI=1S/C5H10O2.C5H8O2.C5H12O2/c2*6-5-3-1-2-4-7-5;6-4-2-1-3-5-7/h5-6H,1-4H2;1-4H2;6-7H,1-5H2. The summed E-state index contributed by atoms with van der Waals surface area (Å²) in [4.78, 5) is 10.2. The van der Waals surface area contributed by atoms with Gasteiger partial charge >= 0.3 is 5.97 Å². The van der Waals surface area contributed by atoms with Crippen LogP contribution >= 0.6 is 0 Å². The van der Waals surface area contributed by atoms with Crippen LogP contribution in [0.25, 0.3) is 0 Å². The lowest BCUT2D eigenvalue weighted by molar-refractivity contribution is -0.146. The van der Waals surface area contributed by atoms with Crippen molar-refractivity contribution in [3.63, 3.8) is 0 Å². The lowest BCUT2D eigenvalue weighted by atomic mass is 10.2. The normalized spacial score (nSPS) is 21.3. The van der Waals surface area contributed by atoms with Crippen molar-refractivity contribution in [3.8, 4) is 0 Å². The van der Waals surface area contributed by atoms with Crippen LogP contribution in [0, 0.1) is 0 Å². The van der Waals surface area contributed by atoms with Crippen LogP contribution in [0.4, 0.5) is 0 Å². The molecule has 2 aliphatic heterocycles. The summed E-state index contributed by atoms with van der Waals surface area (Å²) in [6.45, 7) is 1.88. The van der Waals surface area contributed by atoms with Gasteiger partial charge in [-0.05, 0) is 51.4 Å². The number of carbonyl (C=O) groups excluding carboxylic acids is 1. The SMILES string of the molecule is O=C1CCCCO1.OC1CCCCO1.OCCCCCO. The lowest BCUT2D eigenvalue weighted by Crippen LogP contribution is -2.17. The van der Waals surface area contributed by atoms with E-state index in [1.807, 2.05) is 0 Å². The zero-order valence-electron chi connectivity index (χ0n) is 12.8. The molecular weight excluding hydrogens is 276 g/mol. The molecule has 0 aromatic rings. The van der Waals surface area contributed by atoms with Crippen LogP contribution in [-0.2, 0) is 14.3 Å². The molecule has 1 unspecified atom stereocenters. The lowest BCUT2D eigenvalue weighted by Gasteiger charge is -2.16. The molecule has 21 heavy (non-hydrogen) atoms.